The number of aliphatic hydroxyl groups is 2. The van der Waals surface area contributed by atoms with E-state index in [1.165, 1.54) is 25.1 Å². The highest BCUT2D eigenvalue weighted by Crippen LogP contribution is 2.23. The number of amides is 1. The minimum Gasteiger partial charge on any atom is -0.390 e. The summed E-state index contributed by atoms with van der Waals surface area (Å²) in [6, 6.07) is 4.16. The molecule has 106 valence electrons. The molecular weight excluding hydrogens is 251 g/mol. The Morgan fingerprint density at radius 1 is 1.47 bits per heavy atom. The first kappa shape index (κ1) is 15.6. The summed E-state index contributed by atoms with van der Waals surface area (Å²) in [5, 5.41) is 22.2. The standard InChI is InChI=1S/C13H19FN2O3/c1-8(17)16-5-4-12(18)13(19)10-6-9(7-15)2-3-11(10)14/h2-3,6,12-13,18-19H,4-5,7,15H2,1H3,(H,16,17). The van der Waals surface area contributed by atoms with E-state index in [-0.39, 0.29) is 31.0 Å². The van der Waals surface area contributed by atoms with Crippen LogP contribution in [0.5, 0.6) is 0 Å². The molecule has 0 aliphatic carbocycles. The highest BCUT2D eigenvalue weighted by molar-refractivity contribution is 5.72. The van der Waals surface area contributed by atoms with Crippen molar-refractivity contribution in [1.82, 2.24) is 5.32 Å². The van der Waals surface area contributed by atoms with Gasteiger partial charge in [0.05, 0.1) is 6.10 Å². The van der Waals surface area contributed by atoms with Crippen molar-refractivity contribution in [2.45, 2.75) is 32.1 Å². The smallest absolute Gasteiger partial charge is 0.216 e. The van der Waals surface area contributed by atoms with Crippen LogP contribution in [0.3, 0.4) is 0 Å². The zero-order valence-corrected chi connectivity index (χ0v) is 10.8. The number of benzene rings is 1. The van der Waals surface area contributed by atoms with E-state index in [1.807, 2.05) is 0 Å². The summed E-state index contributed by atoms with van der Waals surface area (Å²) in [4.78, 5) is 10.7. The summed E-state index contributed by atoms with van der Waals surface area (Å²) in [6.07, 6.45) is -2.37. The number of carbonyl (C=O) groups is 1. The maximum Gasteiger partial charge on any atom is 0.216 e. The van der Waals surface area contributed by atoms with Crippen molar-refractivity contribution in [3.8, 4) is 0 Å². The summed E-state index contributed by atoms with van der Waals surface area (Å²) in [7, 11) is 0. The molecule has 0 bridgehead atoms. The summed E-state index contributed by atoms with van der Waals surface area (Å²) >= 11 is 0. The van der Waals surface area contributed by atoms with Gasteiger partial charge in [0.25, 0.3) is 0 Å². The monoisotopic (exact) mass is 270 g/mol. The van der Waals surface area contributed by atoms with Crippen molar-refractivity contribution >= 4 is 5.91 Å². The van der Waals surface area contributed by atoms with Gasteiger partial charge in [-0.15, -0.1) is 0 Å². The largest absolute Gasteiger partial charge is 0.390 e. The van der Waals surface area contributed by atoms with Crippen molar-refractivity contribution in [3.05, 3.63) is 35.1 Å². The number of aliphatic hydroxyl groups excluding tert-OH is 2. The molecule has 0 saturated carbocycles. The van der Waals surface area contributed by atoms with Crippen molar-refractivity contribution in [2.24, 2.45) is 5.73 Å². The van der Waals surface area contributed by atoms with Gasteiger partial charge in [0.1, 0.15) is 11.9 Å². The molecule has 1 aromatic carbocycles. The van der Waals surface area contributed by atoms with Crippen molar-refractivity contribution < 1.29 is 19.4 Å². The van der Waals surface area contributed by atoms with Gasteiger partial charge >= 0.3 is 0 Å². The van der Waals surface area contributed by atoms with E-state index in [4.69, 9.17) is 5.73 Å². The normalized spacial score (nSPS) is 13.9. The van der Waals surface area contributed by atoms with Gasteiger partial charge in [0.15, 0.2) is 0 Å². The predicted octanol–water partition coefficient (Wildman–Crippen LogP) is 0.205. The molecule has 0 saturated heterocycles. The van der Waals surface area contributed by atoms with Crippen LogP contribution in [0.2, 0.25) is 0 Å². The average molecular weight is 270 g/mol. The molecule has 0 heterocycles. The van der Waals surface area contributed by atoms with E-state index in [0.29, 0.717) is 5.56 Å². The molecule has 19 heavy (non-hydrogen) atoms. The number of hydrogen-bond acceptors (Lipinski definition) is 4. The van der Waals surface area contributed by atoms with Crippen LogP contribution >= 0.6 is 0 Å². The molecule has 2 unspecified atom stereocenters. The molecule has 0 aromatic heterocycles. The molecule has 0 radical (unpaired) electrons. The minimum atomic E-state index is -1.35. The van der Waals surface area contributed by atoms with Crippen molar-refractivity contribution in [3.63, 3.8) is 0 Å². The fraction of sp³-hybridized carbons (Fsp3) is 0.462. The second kappa shape index (κ2) is 7.18. The zero-order chi connectivity index (χ0) is 14.4. The zero-order valence-electron chi connectivity index (χ0n) is 10.8. The average Bonchev–Trinajstić information content (AvgIpc) is 2.38. The first-order chi connectivity index (χ1) is 8.95. The highest BCUT2D eigenvalue weighted by Gasteiger charge is 2.21. The van der Waals surface area contributed by atoms with Crippen LogP contribution in [0, 0.1) is 5.82 Å². The first-order valence-corrected chi connectivity index (χ1v) is 6.04. The van der Waals surface area contributed by atoms with E-state index < -0.39 is 18.0 Å². The molecule has 6 heteroatoms. The van der Waals surface area contributed by atoms with Gasteiger partial charge < -0.3 is 21.3 Å². The van der Waals surface area contributed by atoms with Crippen LogP contribution < -0.4 is 11.1 Å². The lowest BCUT2D eigenvalue weighted by Crippen LogP contribution is -2.28. The molecule has 5 N–H and O–H groups in total. The molecule has 0 fully saturated rings. The third kappa shape index (κ3) is 4.59. The lowest BCUT2D eigenvalue weighted by Gasteiger charge is -2.19. The van der Waals surface area contributed by atoms with Crippen LogP contribution in [-0.4, -0.2) is 28.8 Å². The molecule has 0 aliphatic heterocycles. The van der Waals surface area contributed by atoms with Gasteiger partial charge in [-0.25, -0.2) is 4.39 Å². The van der Waals surface area contributed by atoms with Crippen LogP contribution in [0.15, 0.2) is 18.2 Å². The number of halogens is 1. The Labute approximate surface area is 111 Å². The van der Waals surface area contributed by atoms with Crippen molar-refractivity contribution in [2.75, 3.05) is 6.54 Å². The lowest BCUT2D eigenvalue weighted by atomic mass is 9.99. The predicted molar refractivity (Wildman–Crippen MR) is 68.6 cm³/mol. The number of carbonyl (C=O) groups excluding carboxylic acids is 1. The summed E-state index contributed by atoms with van der Waals surface area (Å²) < 4.78 is 13.6. The fourth-order valence-corrected chi connectivity index (χ4v) is 1.71. The Morgan fingerprint density at radius 3 is 2.74 bits per heavy atom. The number of rotatable bonds is 6. The van der Waals surface area contributed by atoms with E-state index in [1.54, 1.807) is 0 Å². The van der Waals surface area contributed by atoms with Crippen LogP contribution in [0.4, 0.5) is 4.39 Å². The fourth-order valence-electron chi connectivity index (χ4n) is 1.71. The molecule has 5 nitrogen and oxygen atoms in total. The van der Waals surface area contributed by atoms with E-state index in [9.17, 15) is 19.4 Å². The quantitative estimate of drug-likeness (QED) is 0.594. The molecule has 1 aromatic rings. The van der Waals surface area contributed by atoms with E-state index in [2.05, 4.69) is 5.32 Å². The third-order valence-corrected chi connectivity index (χ3v) is 2.79. The molecule has 1 rings (SSSR count). The number of hydrogen-bond donors (Lipinski definition) is 4. The second-order valence-electron chi connectivity index (χ2n) is 4.34. The van der Waals surface area contributed by atoms with Crippen LogP contribution in [0.1, 0.15) is 30.6 Å². The van der Waals surface area contributed by atoms with Gasteiger partial charge in [-0.3, -0.25) is 4.79 Å². The maximum atomic E-state index is 13.6. The summed E-state index contributed by atoms with van der Waals surface area (Å²) in [5.41, 5.74) is 6.13. The Morgan fingerprint density at radius 2 is 2.16 bits per heavy atom. The number of nitrogens with one attached hydrogen (secondary N) is 1. The third-order valence-electron chi connectivity index (χ3n) is 2.79. The van der Waals surface area contributed by atoms with Crippen LogP contribution in [-0.2, 0) is 11.3 Å². The highest BCUT2D eigenvalue weighted by atomic mass is 19.1. The van der Waals surface area contributed by atoms with E-state index >= 15 is 0 Å². The second-order valence-corrected chi connectivity index (χ2v) is 4.34. The topological polar surface area (TPSA) is 95.6 Å². The lowest BCUT2D eigenvalue weighted by molar-refractivity contribution is -0.119. The molecule has 0 aliphatic rings. The molecular formula is C13H19FN2O3. The maximum absolute atomic E-state index is 13.6. The van der Waals surface area contributed by atoms with Crippen molar-refractivity contribution in [1.29, 1.82) is 0 Å². The SMILES string of the molecule is CC(=O)NCCC(O)C(O)c1cc(CN)ccc1F. The Bertz CT molecular complexity index is 440. The molecule has 0 spiro atoms. The Hall–Kier alpha value is -1.50. The molecule has 2 atom stereocenters. The molecule has 1 amide bonds. The number of nitrogens with two attached hydrogens (primary N) is 1. The van der Waals surface area contributed by atoms with Gasteiger partial charge in [-0.2, -0.15) is 0 Å². The Balaban J connectivity index is 2.70. The van der Waals surface area contributed by atoms with E-state index in [0.717, 1.165) is 0 Å². The minimum absolute atomic E-state index is 0.0123. The summed E-state index contributed by atoms with van der Waals surface area (Å²) in [5.74, 6) is -0.818. The van der Waals surface area contributed by atoms with Gasteiger partial charge in [0.2, 0.25) is 5.91 Å². The Kier molecular flexibility index (Phi) is 5.88. The van der Waals surface area contributed by atoms with Crippen LogP contribution in [0.25, 0.3) is 0 Å². The van der Waals surface area contributed by atoms with Gasteiger partial charge in [0, 0.05) is 25.6 Å². The van der Waals surface area contributed by atoms with Gasteiger partial charge in [-0.05, 0) is 24.1 Å². The summed E-state index contributed by atoms with van der Waals surface area (Å²) in [6.45, 7) is 1.79. The first-order valence-electron chi connectivity index (χ1n) is 6.04. The van der Waals surface area contributed by atoms with Gasteiger partial charge in [-0.1, -0.05) is 6.07 Å².